The summed E-state index contributed by atoms with van der Waals surface area (Å²) in [5.41, 5.74) is 2.75. The van der Waals surface area contributed by atoms with Crippen molar-refractivity contribution in [2.45, 2.75) is 52.0 Å². The molecule has 1 N–H and O–H groups in total. The maximum atomic E-state index is 3.72. The van der Waals surface area contributed by atoms with E-state index >= 15 is 0 Å². The van der Waals surface area contributed by atoms with Crippen molar-refractivity contribution >= 4 is 5.69 Å². The molecule has 2 aliphatic carbocycles. The summed E-state index contributed by atoms with van der Waals surface area (Å²) < 4.78 is 0. The minimum Gasteiger partial charge on any atom is -0.382 e. The van der Waals surface area contributed by atoms with Gasteiger partial charge in [0.25, 0.3) is 0 Å². The van der Waals surface area contributed by atoms with E-state index in [-0.39, 0.29) is 0 Å². The Morgan fingerprint density at radius 2 is 1.95 bits per heavy atom. The molecule has 0 heterocycles. The summed E-state index contributed by atoms with van der Waals surface area (Å²) in [5.74, 6) is 2.52. The van der Waals surface area contributed by atoms with Gasteiger partial charge in [0.2, 0.25) is 0 Å². The molecule has 0 amide bonds. The minimum absolute atomic E-state index is 0.580. The third-order valence-electron chi connectivity index (χ3n) is 5.14. The molecule has 1 nitrogen and oxygen atoms in total. The van der Waals surface area contributed by atoms with Gasteiger partial charge in [-0.25, -0.2) is 0 Å². The standard InChI is InChI=1S/C19H27N/c1-3-4-5-15-7-10-18(11-8-15)20-14(2)19-13-16-6-9-17(19)12-16/h6-11,14,16-17,19-20H,3-5,12-13H2,1-2H3. The zero-order valence-electron chi connectivity index (χ0n) is 12.8. The molecule has 1 aromatic carbocycles. The first-order chi connectivity index (χ1) is 9.76. The van der Waals surface area contributed by atoms with Crippen LogP contribution in [-0.4, -0.2) is 6.04 Å². The average Bonchev–Trinajstić information content (AvgIpc) is 3.09. The minimum atomic E-state index is 0.580. The van der Waals surface area contributed by atoms with E-state index in [1.807, 2.05) is 0 Å². The lowest BCUT2D eigenvalue weighted by Crippen LogP contribution is -2.28. The fourth-order valence-corrected chi connectivity index (χ4v) is 3.92. The van der Waals surface area contributed by atoms with Crippen LogP contribution in [0.4, 0.5) is 5.69 Å². The highest BCUT2D eigenvalue weighted by Gasteiger charge is 2.38. The molecule has 0 spiro atoms. The summed E-state index contributed by atoms with van der Waals surface area (Å²) in [6.45, 7) is 4.60. The molecule has 0 radical (unpaired) electrons. The van der Waals surface area contributed by atoms with Crippen LogP contribution in [0.5, 0.6) is 0 Å². The van der Waals surface area contributed by atoms with Gasteiger partial charge >= 0.3 is 0 Å². The molecule has 0 saturated heterocycles. The van der Waals surface area contributed by atoms with Gasteiger partial charge in [0.1, 0.15) is 0 Å². The first-order valence-electron chi connectivity index (χ1n) is 8.30. The predicted octanol–water partition coefficient (Wildman–Crippen LogP) is 5.04. The molecule has 20 heavy (non-hydrogen) atoms. The number of fused-ring (bicyclic) bond motifs is 2. The highest BCUT2D eigenvalue weighted by molar-refractivity contribution is 5.45. The van der Waals surface area contributed by atoms with Crippen molar-refractivity contribution in [3.05, 3.63) is 42.0 Å². The van der Waals surface area contributed by atoms with Crippen LogP contribution in [-0.2, 0) is 6.42 Å². The third-order valence-corrected chi connectivity index (χ3v) is 5.14. The summed E-state index contributed by atoms with van der Waals surface area (Å²) in [7, 11) is 0. The van der Waals surface area contributed by atoms with E-state index in [0.29, 0.717) is 6.04 Å². The van der Waals surface area contributed by atoms with Crippen LogP contribution in [0, 0.1) is 17.8 Å². The van der Waals surface area contributed by atoms with Crippen molar-refractivity contribution < 1.29 is 0 Å². The van der Waals surface area contributed by atoms with Crippen LogP contribution in [0.3, 0.4) is 0 Å². The van der Waals surface area contributed by atoms with Crippen molar-refractivity contribution in [1.29, 1.82) is 0 Å². The molecule has 0 aliphatic heterocycles. The summed E-state index contributed by atoms with van der Waals surface area (Å²) in [6, 6.07) is 9.66. The Morgan fingerprint density at radius 3 is 2.55 bits per heavy atom. The SMILES string of the molecule is CCCCc1ccc(NC(C)C2CC3C=CC2C3)cc1. The van der Waals surface area contributed by atoms with Gasteiger partial charge in [0, 0.05) is 11.7 Å². The second kappa shape index (κ2) is 6.03. The average molecular weight is 269 g/mol. The number of hydrogen-bond donors (Lipinski definition) is 1. The van der Waals surface area contributed by atoms with E-state index in [2.05, 4.69) is 55.6 Å². The van der Waals surface area contributed by atoms with Crippen molar-refractivity contribution in [2.24, 2.45) is 17.8 Å². The first kappa shape index (κ1) is 13.7. The second-order valence-corrected chi connectivity index (χ2v) is 6.68. The molecule has 1 saturated carbocycles. The molecule has 1 aromatic rings. The van der Waals surface area contributed by atoms with E-state index in [1.54, 1.807) is 0 Å². The number of hydrogen-bond acceptors (Lipinski definition) is 1. The normalized spacial score (nSPS) is 28.8. The van der Waals surface area contributed by atoms with Gasteiger partial charge in [-0.3, -0.25) is 0 Å². The predicted molar refractivity (Wildman–Crippen MR) is 87.0 cm³/mol. The van der Waals surface area contributed by atoms with Gasteiger partial charge in [-0.2, -0.15) is 0 Å². The topological polar surface area (TPSA) is 12.0 Å². The largest absolute Gasteiger partial charge is 0.382 e. The smallest absolute Gasteiger partial charge is 0.0342 e. The Labute approximate surface area is 123 Å². The van der Waals surface area contributed by atoms with Gasteiger partial charge in [-0.05, 0) is 68.1 Å². The van der Waals surface area contributed by atoms with Gasteiger partial charge in [-0.15, -0.1) is 0 Å². The number of unbranched alkanes of at least 4 members (excludes halogenated alkanes) is 1. The number of allylic oxidation sites excluding steroid dienone is 2. The van der Waals surface area contributed by atoms with Crippen molar-refractivity contribution in [3.63, 3.8) is 0 Å². The molecule has 2 aliphatic rings. The molecule has 4 atom stereocenters. The monoisotopic (exact) mass is 269 g/mol. The number of anilines is 1. The Balaban J connectivity index is 1.56. The summed E-state index contributed by atoms with van der Waals surface area (Å²) in [6.07, 6.45) is 11.4. The first-order valence-corrected chi connectivity index (χ1v) is 8.30. The highest BCUT2D eigenvalue weighted by Crippen LogP contribution is 2.45. The maximum Gasteiger partial charge on any atom is 0.0342 e. The second-order valence-electron chi connectivity index (χ2n) is 6.68. The molecular formula is C19H27N. The van der Waals surface area contributed by atoms with E-state index < -0.39 is 0 Å². The molecular weight excluding hydrogens is 242 g/mol. The maximum absolute atomic E-state index is 3.72. The van der Waals surface area contributed by atoms with Crippen LogP contribution in [0.1, 0.15) is 45.1 Å². The van der Waals surface area contributed by atoms with Crippen molar-refractivity contribution in [1.82, 2.24) is 0 Å². The van der Waals surface area contributed by atoms with E-state index in [1.165, 1.54) is 43.4 Å². The van der Waals surface area contributed by atoms with Gasteiger partial charge in [0.05, 0.1) is 0 Å². The fraction of sp³-hybridized carbons (Fsp3) is 0.579. The Kier molecular flexibility index (Phi) is 4.14. The Morgan fingerprint density at radius 1 is 1.15 bits per heavy atom. The van der Waals surface area contributed by atoms with Gasteiger partial charge in [0.15, 0.2) is 0 Å². The molecule has 1 heteroatoms. The zero-order valence-corrected chi connectivity index (χ0v) is 12.8. The fourth-order valence-electron chi connectivity index (χ4n) is 3.92. The lowest BCUT2D eigenvalue weighted by molar-refractivity contribution is 0.400. The Hall–Kier alpha value is -1.24. The summed E-state index contributed by atoms with van der Waals surface area (Å²) >= 11 is 0. The number of benzene rings is 1. The molecule has 2 bridgehead atoms. The van der Waals surface area contributed by atoms with Crippen molar-refractivity contribution in [3.8, 4) is 0 Å². The van der Waals surface area contributed by atoms with Gasteiger partial charge in [-0.1, -0.05) is 37.6 Å². The third kappa shape index (κ3) is 2.92. The van der Waals surface area contributed by atoms with Crippen LogP contribution in [0.15, 0.2) is 36.4 Å². The molecule has 0 aromatic heterocycles. The zero-order chi connectivity index (χ0) is 13.9. The van der Waals surface area contributed by atoms with Crippen LogP contribution in [0.2, 0.25) is 0 Å². The van der Waals surface area contributed by atoms with Crippen LogP contribution in [0.25, 0.3) is 0 Å². The number of nitrogens with one attached hydrogen (secondary N) is 1. The quantitative estimate of drug-likeness (QED) is 0.713. The highest BCUT2D eigenvalue weighted by atomic mass is 14.9. The van der Waals surface area contributed by atoms with Crippen LogP contribution >= 0.6 is 0 Å². The number of aryl methyl sites for hydroxylation is 1. The van der Waals surface area contributed by atoms with E-state index in [4.69, 9.17) is 0 Å². The molecule has 3 rings (SSSR count). The van der Waals surface area contributed by atoms with Crippen LogP contribution < -0.4 is 5.32 Å². The number of rotatable bonds is 6. The lowest BCUT2D eigenvalue weighted by atomic mass is 9.87. The van der Waals surface area contributed by atoms with Gasteiger partial charge < -0.3 is 5.32 Å². The molecule has 4 unspecified atom stereocenters. The summed E-state index contributed by atoms with van der Waals surface area (Å²) in [4.78, 5) is 0. The van der Waals surface area contributed by atoms with Crippen molar-refractivity contribution in [2.75, 3.05) is 5.32 Å². The molecule has 108 valence electrons. The lowest BCUT2D eigenvalue weighted by Gasteiger charge is -2.27. The summed E-state index contributed by atoms with van der Waals surface area (Å²) in [5, 5.41) is 3.72. The Bertz CT molecular complexity index is 459. The van der Waals surface area contributed by atoms with E-state index in [0.717, 1.165) is 17.8 Å². The van der Waals surface area contributed by atoms with E-state index in [9.17, 15) is 0 Å². The molecule has 1 fully saturated rings.